The zero-order valence-corrected chi connectivity index (χ0v) is 10.6. The second-order valence-electron chi connectivity index (χ2n) is 5.15. The molecule has 16 heavy (non-hydrogen) atoms. The second kappa shape index (κ2) is 4.26. The number of likely N-dealkylation sites (N-methyl/N-ethyl adjacent to an activating group) is 1. The van der Waals surface area contributed by atoms with Crippen LogP contribution in [0.25, 0.3) is 0 Å². The monoisotopic (exact) mass is 222 g/mol. The Morgan fingerprint density at radius 3 is 2.25 bits per heavy atom. The average Bonchev–Trinajstić information content (AvgIpc) is 2.09. The van der Waals surface area contributed by atoms with Crippen molar-refractivity contribution in [2.45, 2.75) is 19.9 Å². The van der Waals surface area contributed by atoms with Crippen LogP contribution in [-0.2, 0) is 4.79 Å². The number of hydrogen-bond donors (Lipinski definition) is 1. The van der Waals surface area contributed by atoms with Gasteiger partial charge in [0, 0.05) is 5.56 Å². The van der Waals surface area contributed by atoms with Crippen molar-refractivity contribution in [3.63, 3.8) is 0 Å². The van der Waals surface area contributed by atoms with Crippen LogP contribution < -0.4 is 0 Å². The Bertz CT molecular complexity index is 405. The number of hydrogen-bond acceptors (Lipinski definition) is 1. The third-order valence-corrected chi connectivity index (χ3v) is 2.95. The van der Waals surface area contributed by atoms with Crippen molar-refractivity contribution >= 4 is 5.97 Å². The fourth-order valence-corrected chi connectivity index (χ4v) is 1.95. The third-order valence-electron chi connectivity index (χ3n) is 2.95. The molecule has 0 bridgehead atoms. The quantitative estimate of drug-likeness (QED) is 0.795. The summed E-state index contributed by atoms with van der Waals surface area (Å²) in [4.78, 5) is 11.4. The van der Waals surface area contributed by atoms with Crippen molar-refractivity contribution in [2.75, 3.05) is 21.1 Å². The molecule has 3 nitrogen and oxygen atoms in total. The molecule has 0 unspecified atom stereocenters. The van der Waals surface area contributed by atoms with Crippen molar-refractivity contribution in [2.24, 2.45) is 0 Å². The van der Waals surface area contributed by atoms with Crippen molar-refractivity contribution in [3.05, 3.63) is 34.9 Å². The first-order valence-corrected chi connectivity index (χ1v) is 5.35. The van der Waals surface area contributed by atoms with Crippen LogP contribution in [0.15, 0.2) is 18.2 Å². The summed E-state index contributed by atoms with van der Waals surface area (Å²) in [6, 6.07) is 5.32. The lowest BCUT2D eigenvalue weighted by molar-refractivity contribution is -0.893. The molecule has 0 spiro atoms. The van der Waals surface area contributed by atoms with E-state index in [2.05, 4.69) is 0 Å². The van der Waals surface area contributed by atoms with E-state index in [1.54, 1.807) is 0 Å². The fraction of sp³-hybridized carbons (Fsp3) is 0.462. The van der Waals surface area contributed by atoms with Gasteiger partial charge in [-0.15, -0.1) is 0 Å². The molecule has 3 heteroatoms. The molecule has 1 N–H and O–H groups in total. The van der Waals surface area contributed by atoms with E-state index in [-0.39, 0.29) is 0 Å². The molecule has 88 valence electrons. The Balaban J connectivity index is 3.33. The predicted octanol–water partition coefficient (Wildman–Crippen LogP) is 2.14. The van der Waals surface area contributed by atoms with Gasteiger partial charge in [0.25, 0.3) is 0 Å². The highest BCUT2D eigenvalue weighted by atomic mass is 16.4. The Kier molecular flexibility index (Phi) is 3.38. The van der Waals surface area contributed by atoms with Crippen molar-refractivity contribution < 1.29 is 14.4 Å². The molecule has 0 aromatic heterocycles. The number of aryl methyl sites for hydroxylation is 1. The van der Waals surface area contributed by atoms with Crippen LogP contribution in [0.3, 0.4) is 0 Å². The van der Waals surface area contributed by atoms with E-state index in [0.29, 0.717) is 4.48 Å². The SMILES string of the molecule is Cc1cccc([C@H](C(=O)O)[N+](C)(C)C)c1C. The van der Waals surface area contributed by atoms with Gasteiger partial charge < -0.3 is 9.59 Å². The third kappa shape index (κ3) is 2.42. The minimum absolute atomic E-state index is 0.389. The molecule has 0 aliphatic rings. The van der Waals surface area contributed by atoms with E-state index < -0.39 is 12.0 Å². The van der Waals surface area contributed by atoms with E-state index in [1.807, 2.05) is 53.2 Å². The lowest BCUT2D eigenvalue weighted by atomic mass is 9.96. The van der Waals surface area contributed by atoms with Crippen LogP contribution in [0.5, 0.6) is 0 Å². The zero-order chi connectivity index (χ0) is 12.5. The average molecular weight is 222 g/mol. The van der Waals surface area contributed by atoms with Crippen LogP contribution in [0.4, 0.5) is 0 Å². The maximum atomic E-state index is 11.4. The number of quaternary nitrogens is 1. The number of carboxylic acid groups (broad SMARTS) is 1. The zero-order valence-electron chi connectivity index (χ0n) is 10.6. The number of rotatable bonds is 3. The molecule has 0 aliphatic heterocycles. The summed E-state index contributed by atoms with van der Waals surface area (Å²) in [6.07, 6.45) is 0. The summed E-state index contributed by atoms with van der Waals surface area (Å²) in [5.74, 6) is -0.777. The largest absolute Gasteiger partial charge is 0.477 e. The first kappa shape index (κ1) is 12.7. The van der Waals surface area contributed by atoms with Gasteiger partial charge in [0.05, 0.1) is 21.1 Å². The summed E-state index contributed by atoms with van der Waals surface area (Å²) in [7, 11) is 5.71. The van der Waals surface area contributed by atoms with Gasteiger partial charge >= 0.3 is 5.97 Å². The number of benzene rings is 1. The molecule has 1 atom stereocenters. The van der Waals surface area contributed by atoms with Gasteiger partial charge in [0.1, 0.15) is 0 Å². The summed E-state index contributed by atoms with van der Waals surface area (Å²) < 4.78 is 0.389. The maximum Gasteiger partial charge on any atom is 0.367 e. The maximum absolute atomic E-state index is 11.4. The van der Waals surface area contributed by atoms with Gasteiger partial charge in [0.15, 0.2) is 0 Å². The minimum atomic E-state index is -0.777. The van der Waals surface area contributed by atoms with E-state index in [9.17, 15) is 9.90 Å². The lowest BCUT2D eigenvalue weighted by Crippen LogP contribution is -2.43. The number of carboxylic acids is 1. The van der Waals surface area contributed by atoms with Crippen LogP contribution in [0.1, 0.15) is 22.7 Å². The van der Waals surface area contributed by atoms with E-state index in [0.717, 1.165) is 16.7 Å². The fourth-order valence-electron chi connectivity index (χ4n) is 1.95. The Morgan fingerprint density at radius 1 is 1.25 bits per heavy atom. The molecule has 0 radical (unpaired) electrons. The van der Waals surface area contributed by atoms with Crippen molar-refractivity contribution in [3.8, 4) is 0 Å². The smallest absolute Gasteiger partial charge is 0.367 e. The van der Waals surface area contributed by atoms with E-state index in [1.165, 1.54) is 0 Å². The molecule has 0 aliphatic carbocycles. The first-order chi connectivity index (χ1) is 7.25. The molecule has 0 saturated carbocycles. The van der Waals surface area contributed by atoms with Crippen molar-refractivity contribution in [1.29, 1.82) is 0 Å². The van der Waals surface area contributed by atoms with Crippen LogP contribution in [0.2, 0.25) is 0 Å². The normalized spacial score (nSPS) is 13.6. The van der Waals surface area contributed by atoms with Gasteiger partial charge in [-0.25, -0.2) is 4.79 Å². The second-order valence-corrected chi connectivity index (χ2v) is 5.15. The highest BCUT2D eigenvalue weighted by Crippen LogP contribution is 2.27. The molecule has 0 fully saturated rings. The number of nitrogens with zero attached hydrogens (tertiary/aromatic N) is 1. The van der Waals surface area contributed by atoms with Gasteiger partial charge in [-0.05, 0) is 25.0 Å². The van der Waals surface area contributed by atoms with Gasteiger partial charge in [-0.1, -0.05) is 18.2 Å². The van der Waals surface area contributed by atoms with Crippen LogP contribution in [-0.4, -0.2) is 36.7 Å². The minimum Gasteiger partial charge on any atom is -0.477 e. The summed E-state index contributed by atoms with van der Waals surface area (Å²) in [5.41, 5.74) is 3.11. The van der Waals surface area contributed by atoms with E-state index in [4.69, 9.17) is 0 Å². The molecule has 1 aromatic rings. The number of aliphatic carboxylic acids is 1. The highest BCUT2D eigenvalue weighted by molar-refractivity contribution is 5.75. The molecule has 1 aromatic carbocycles. The summed E-state index contributed by atoms with van der Waals surface area (Å²) in [5, 5.41) is 9.36. The summed E-state index contributed by atoms with van der Waals surface area (Å²) in [6.45, 7) is 3.99. The van der Waals surface area contributed by atoms with Gasteiger partial charge in [0.2, 0.25) is 6.04 Å². The Morgan fingerprint density at radius 2 is 1.81 bits per heavy atom. The molecule has 0 heterocycles. The van der Waals surface area contributed by atoms with Crippen molar-refractivity contribution in [1.82, 2.24) is 0 Å². The molecular weight excluding hydrogens is 202 g/mol. The summed E-state index contributed by atoms with van der Waals surface area (Å²) >= 11 is 0. The molecule has 1 rings (SSSR count). The van der Waals surface area contributed by atoms with Gasteiger partial charge in [-0.2, -0.15) is 0 Å². The number of carbonyl (C=O) groups is 1. The topological polar surface area (TPSA) is 37.3 Å². The standard InChI is InChI=1S/C13H19NO2/c1-9-7-6-8-11(10(9)2)12(13(15)16)14(3,4)5/h6-8,12H,1-5H3/p+1/t12-/m1/s1. The Hall–Kier alpha value is -1.35. The van der Waals surface area contributed by atoms with Gasteiger partial charge in [-0.3, -0.25) is 0 Å². The molecule has 0 saturated heterocycles. The predicted molar refractivity (Wildman–Crippen MR) is 64.3 cm³/mol. The lowest BCUT2D eigenvalue weighted by Gasteiger charge is -2.32. The molecule has 0 amide bonds. The van der Waals surface area contributed by atoms with Crippen LogP contribution >= 0.6 is 0 Å². The molecular formula is C13H20NO2+. The van der Waals surface area contributed by atoms with E-state index >= 15 is 0 Å². The highest BCUT2D eigenvalue weighted by Gasteiger charge is 2.34. The Labute approximate surface area is 96.9 Å². The first-order valence-electron chi connectivity index (χ1n) is 5.35. The van der Waals surface area contributed by atoms with Crippen LogP contribution in [0, 0.1) is 13.8 Å².